The van der Waals surface area contributed by atoms with Crippen LogP contribution >= 0.6 is 23.1 Å². The van der Waals surface area contributed by atoms with Crippen molar-refractivity contribution in [1.29, 1.82) is 0 Å². The zero-order chi connectivity index (χ0) is 21.5. The molecule has 0 atom stereocenters. The van der Waals surface area contributed by atoms with Gasteiger partial charge in [-0.1, -0.05) is 29.5 Å². The number of benzene rings is 2. The predicted octanol–water partition coefficient (Wildman–Crippen LogP) is 5.15. The summed E-state index contributed by atoms with van der Waals surface area (Å²) in [6, 6.07) is 14.3. The smallest absolute Gasteiger partial charge is 0.313 e. The minimum atomic E-state index is -0.910. The van der Waals surface area contributed by atoms with Crippen molar-refractivity contribution in [2.45, 2.75) is 24.2 Å². The van der Waals surface area contributed by atoms with Crippen LogP contribution < -0.4 is 14.8 Å². The van der Waals surface area contributed by atoms with Crippen LogP contribution in [0.5, 0.6) is 17.2 Å². The number of nitrogens with one attached hydrogen (secondary N) is 1. The predicted molar refractivity (Wildman–Crippen MR) is 117 cm³/mol. The first-order valence-corrected chi connectivity index (χ1v) is 10.9. The monoisotopic (exact) mass is 444 g/mol. The summed E-state index contributed by atoms with van der Waals surface area (Å²) < 4.78 is 12.3. The third kappa shape index (κ3) is 6.50. The zero-order valence-electron chi connectivity index (χ0n) is 16.3. The summed E-state index contributed by atoms with van der Waals surface area (Å²) in [5, 5.41) is 11.9. The Balaban J connectivity index is 1.78. The SMILES string of the molecule is CC(C)Oc1cc(Oc2ccccc2)cc(C(=O)Nc2ncc(SCC(=O)O)s2)c1. The van der Waals surface area contributed by atoms with E-state index in [1.807, 2.05) is 44.2 Å². The van der Waals surface area contributed by atoms with Crippen molar-refractivity contribution in [1.82, 2.24) is 4.98 Å². The number of carboxylic acids is 1. The molecule has 9 heteroatoms. The largest absolute Gasteiger partial charge is 0.491 e. The molecule has 0 aliphatic rings. The number of hydrogen-bond acceptors (Lipinski definition) is 7. The molecule has 7 nitrogen and oxygen atoms in total. The molecule has 0 fully saturated rings. The van der Waals surface area contributed by atoms with E-state index in [1.165, 1.54) is 17.5 Å². The van der Waals surface area contributed by atoms with Crippen LogP contribution in [-0.4, -0.2) is 33.8 Å². The summed E-state index contributed by atoms with van der Waals surface area (Å²) >= 11 is 2.36. The number of rotatable bonds is 9. The van der Waals surface area contributed by atoms with Gasteiger partial charge in [0.05, 0.1) is 22.3 Å². The standard InChI is InChI=1S/C21H20N2O5S2/c1-13(2)27-16-8-14(9-17(10-16)28-15-6-4-3-5-7-15)20(26)23-21-22-11-19(30-21)29-12-18(24)25/h3-11,13H,12H2,1-2H3,(H,24,25)(H,22,23,26). The maximum absolute atomic E-state index is 12.8. The number of carbonyl (C=O) groups excluding carboxylic acids is 1. The van der Waals surface area contributed by atoms with Crippen LogP contribution in [0, 0.1) is 0 Å². The third-order valence-corrected chi connectivity index (χ3v) is 5.63. The van der Waals surface area contributed by atoms with Crippen LogP contribution in [-0.2, 0) is 4.79 Å². The second kappa shape index (κ2) is 10.1. The first kappa shape index (κ1) is 21.7. The highest BCUT2D eigenvalue weighted by molar-refractivity contribution is 8.01. The van der Waals surface area contributed by atoms with E-state index >= 15 is 0 Å². The number of nitrogens with zero attached hydrogens (tertiary/aromatic N) is 1. The van der Waals surface area contributed by atoms with Gasteiger partial charge >= 0.3 is 5.97 Å². The highest BCUT2D eigenvalue weighted by atomic mass is 32.2. The molecule has 3 aromatic rings. The molecule has 156 valence electrons. The van der Waals surface area contributed by atoms with Gasteiger partial charge in [-0.05, 0) is 38.1 Å². The first-order chi connectivity index (χ1) is 14.4. The lowest BCUT2D eigenvalue weighted by Gasteiger charge is -2.14. The van der Waals surface area contributed by atoms with Gasteiger partial charge in [0.2, 0.25) is 0 Å². The van der Waals surface area contributed by atoms with E-state index in [1.54, 1.807) is 18.2 Å². The number of para-hydroxylation sites is 1. The van der Waals surface area contributed by atoms with Crippen molar-refractivity contribution in [3.8, 4) is 17.2 Å². The fraction of sp³-hybridized carbons (Fsp3) is 0.190. The van der Waals surface area contributed by atoms with Crippen molar-refractivity contribution in [3.05, 3.63) is 60.3 Å². The summed E-state index contributed by atoms with van der Waals surface area (Å²) in [6.45, 7) is 3.80. The van der Waals surface area contributed by atoms with Gasteiger partial charge in [-0.25, -0.2) is 4.98 Å². The number of aliphatic carboxylic acids is 1. The Hall–Kier alpha value is -3.04. The second-order valence-electron chi connectivity index (χ2n) is 6.40. The number of carbonyl (C=O) groups is 2. The lowest BCUT2D eigenvalue weighted by Crippen LogP contribution is -2.13. The van der Waals surface area contributed by atoms with Crippen molar-refractivity contribution in [3.63, 3.8) is 0 Å². The van der Waals surface area contributed by atoms with Gasteiger partial charge in [-0.15, -0.1) is 11.8 Å². The van der Waals surface area contributed by atoms with Crippen LogP contribution in [0.15, 0.2) is 58.9 Å². The molecule has 1 heterocycles. The number of thioether (sulfide) groups is 1. The Kier molecular flexibility index (Phi) is 7.31. The summed E-state index contributed by atoms with van der Waals surface area (Å²) in [7, 11) is 0. The number of amides is 1. The summed E-state index contributed by atoms with van der Waals surface area (Å²) in [4.78, 5) is 27.6. The highest BCUT2D eigenvalue weighted by Crippen LogP contribution is 2.30. The molecular formula is C21H20N2O5S2. The molecule has 0 saturated carbocycles. The molecule has 3 rings (SSSR count). The van der Waals surface area contributed by atoms with Crippen molar-refractivity contribution in [2.75, 3.05) is 11.1 Å². The number of ether oxygens (including phenoxy) is 2. The number of thiazole rings is 1. The highest BCUT2D eigenvalue weighted by Gasteiger charge is 2.14. The van der Waals surface area contributed by atoms with Crippen LogP contribution in [0.3, 0.4) is 0 Å². The Morgan fingerprint density at radius 2 is 1.87 bits per heavy atom. The van der Waals surface area contributed by atoms with Crippen LogP contribution in [0.25, 0.3) is 0 Å². The fourth-order valence-corrected chi connectivity index (χ4v) is 4.00. The minimum absolute atomic E-state index is 0.0651. The maximum Gasteiger partial charge on any atom is 0.313 e. The van der Waals surface area contributed by atoms with Crippen molar-refractivity contribution in [2.24, 2.45) is 0 Å². The number of carboxylic acid groups (broad SMARTS) is 1. The van der Waals surface area contributed by atoms with Gasteiger partial charge in [0, 0.05) is 11.6 Å². The molecule has 2 aromatic carbocycles. The molecule has 1 aromatic heterocycles. The third-order valence-electron chi connectivity index (χ3n) is 3.54. The summed E-state index contributed by atoms with van der Waals surface area (Å²) in [6.07, 6.45) is 1.47. The lowest BCUT2D eigenvalue weighted by atomic mass is 10.2. The molecule has 0 aliphatic heterocycles. The summed E-state index contributed by atoms with van der Waals surface area (Å²) in [5.41, 5.74) is 0.356. The van der Waals surface area contributed by atoms with Crippen LogP contribution in [0.2, 0.25) is 0 Å². The van der Waals surface area contributed by atoms with E-state index in [-0.39, 0.29) is 17.8 Å². The molecule has 0 spiro atoms. The van der Waals surface area contributed by atoms with Gasteiger partial charge in [0.1, 0.15) is 17.2 Å². The molecule has 2 N–H and O–H groups in total. The zero-order valence-corrected chi connectivity index (χ0v) is 18.0. The second-order valence-corrected chi connectivity index (χ2v) is 8.70. The van der Waals surface area contributed by atoms with Gasteiger partial charge in [0.25, 0.3) is 5.91 Å². The van der Waals surface area contributed by atoms with Crippen LogP contribution in [0.1, 0.15) is 24.2 Å². The van der Waals surface area contributed by atoms with E-state index in [0.29, 0.717) is 32.2 Å². The Labute approximate surface area is 182 Å². The van der Waals surface area contributed by atoms with Crippen LogP contribution in [0.4, 0.5) is 5.13 Å². The van der Waals surface area contributed by atoms with E-state index < -0.39 is 5.97 Å². The number of aromatic nitrogens is 1. The molecule has 0 radical (unpaired) electrons. The van der Waals surface area contributed by atoms with Crippen molar-refractivity contribution < 1.29 is 24.2 Å². The molecule has 0 aliphatic carbocycles. The Bertz CT molecular complexity index is 1020. The average molecular weight is 445 g/mol. The molecule has 0 bridgehead atoms. The molecule has 0 unspecified atom stereocenters. The maximum atomic E-state index is 12.8. The quantitative estimate of drug-likeness (QED) is 0.440. The van der Waals surface area contributed by atoms with E-state index in [0.717, 1.165) is 11.8 Å². The van der Waals surface area contributed by atoms with Gasteiger partial charge in [0.15, 0.2) is 5.13 Å². The Morgan fingerprint density at radius 1 is 1.13 bits per heavy atom. The normalized spacial score (nSPS) is 10.6. The number of anilines is 1. The molecule has 0 saturated heterocycles. The van der Waals surface area contributed by atoms with Gasteiger partial charge in [-0.3, -0.25) is 14.9 Å². The number of hydrogen-bond donors (Lipinski definition) is 2. The molecule has 1 amide bonds. The topological polar surface area (TPSA) is 97.8 Å². The molecule has 30 heavy (non-hydrogen) atoms. The fourth-order valence-electron chi connectivity index (χ4n) is 2.41. The van der Waals surface area contributed by atoms with E-state index in [9.17, 15) is 9.59 Å². The lowest BCUT2D eigenvalue weighted by molar-refractivity contribution is -0.133. The van der Waals surface area contributed by atoms with Gasteiger partial charge < -0.3 is 14.6 Å². The van der Waals surface area contributed by atoms with Crippen molar-refractivity contribution >= 4 is 40.1 Å². The average Bonchev–Trinajstić information content (AvgIpc) is 3.14. The first-order valence-electron chi connectivity index (χ1n) is 9.05. The molecular weight excluding hydrogens is 424 g/mol. The summed E-state index contributed by atoms with van der Waals surface area (Å²) in [5.74, 6) is 0.287. The minimum Gasteiger partial charge on any atom is -0.491 e. The Morgan fingerprint density at radius 3 is 2.57 bits per heavy atom. The van der Waals surface area contributed by atoms with E-state index in [2.05, 4.69) is 10.3 Å². The van der Waals surface area contributed by atoms with Gasteiger partial charge in [-0.2, -0.15) is 0 Å². The van der Waals surface area contributed by atoms with E-state index in [4.69, 9.17) is 14.6 Å².